The Hall–Kier alpha value is -3.74. The Labute approximate surface area is 244 Å². The monoisotopic (exact) mass is 564 g/mol. The zero-order valence-electron chi connectivity index (χ0n) is 22.9. The first-order valence-electron chi connectivity index (χ1n) is 13.3. The Bertz CT molecular complexity index is 1560. The first kappa shape index (κ1) is 27.8. The molecule has 1 aliphatic heterocycles. The summed E-state index contributed by atoms with van der Waals surface area (Å²) in [5, 5.41) is 3.01. The van der Waals surface area contributed by atoms with Crippen LogP contribution in [0.15, 0.2) is 106 Å². The van der Waals surface area contributed by atoms with Gasteiger partial charge in [0, 0.05) is 21.9 Å². The summed E-state index contributed by atoms with van der Waals surface area (Å²) < 4.78 is 0. The van der Waals surface area contributed by atoms with Gasteiger partial charge in [0.25, 0.3) is 11.8 Å². The lowest BCUT2D eigenvalue weighted by atomic mass is 10.0. The minimum atomic E-state index is -0.100. The quantitative estimate of drug-likeness (QED) is 0.176. The standard InChI is InChI=1S/C34H32N2O2S2/c1-23-8-9-24(2)28(20-23)22-36-30-6-4-5-7-31(30)40-32(34(36)38)21-26-10-14-27(15-11-26)33(37)35-19-18-25-12-16-29(39-3)17-13-25/h4-17,20-21H,18-19,22H2,1-3H3,(H,35,37). The molecule has 0 saturated carbocycles. The second kappa shape index (κ2) is 12.6. The average Bonchev–Trinajstić information content (AvgIpc) is 2.97. The SMILES string of the molecule is CSc1ccc(CCNC(=O)c2ccc(C=C3Sc4ccccc4N(Cc4cc(C)ccc4C)C3=O)cc2)cc1. The van der Waals surface area contributed by atoms with E-state index in [9.17, 15) is 9.59 Å². The topological polar surface area (TPSA) is 49.4 Å². The van der Waals surface area contributed by atoms with E-state index in [2.05, 4.69) is 74.0 Å². The number of carbonyl (C=O) groups is 2. The Morgan fingerprint density at radius 3 is 2.45 bits per heavy atom. The predicted octanol–water partition coefficient (Wildman–Crippen LogP) is 7.68. The zero-order chi connectivity index (χ0) is 28.1. The molecule has 1 aliphatic rings. The van der Waals surface area contributed by atoms with E-state index in [1.807, 2.05) is 53.4 Å². The van der Waals surface area contributed by atoms with Gasteiger partial charge in [-0.3, -0.25) is 9.59 Å². The number of fused-ring (bicyclic) bond motifs is 1. The first-order chi connectivity index (χ1) is 19.4. The third-order valence-corrected chi connectivity index (χ3v) is 8.82. The summed E-state index contributed by atoms with van der Waals surface area (Å²) >= 11 is 3.21. The molecule has 1 heterocycles. The second-order valence-electron chi connectivity index (χ2n) is 9.88. The van der Waals surface area contributed by atoms with Crippen LogP contribution in [-0.2, 0) is 17.8 Å². The van der Waals surface area contributed by atoms with Crippen LogP contribution in [0.5, 0.6) is 0 Å². The lowest BCUT2D eigenvalue weighted by molar-refractivity contribution is -0.114. The Kier molecular flexibility index (Phi) is 8.78. The molecule has 0 radical (unpaired) electrons. The Morgan fingerprint density at radius 2 is 1.70 bits per heavy atom. The van der Waals surface area contributed by atoms with Gasteiger partial charge >= 0.3 is 0 Å². The van der Waals surface area contributed by atoms with E-state index >= 15 is 0 Å². The van der Waals surface area contributed by atoms with E-state index in [0.29, 0.717) is 23.6 Å². The number of carbonyl (C=O) groups excluding carboxylic acids is 2. The minimum absolute atomic E-state index is 0.0167. The highest BCUT2D eigenvalue weighted by Gasteiger charge is 2.29. The number of nitrogens with one attached hydrogen (secondary N) is 1. The molecule has 4 aromatic rings. The maximum Gasteiger partial charge on any atom is 0.265 e. The van der Waals surface area contributed by atoms with Gasteiger partial charge in [-0.15, -0.1) is 11.8 Å². The van der Waals surface area contributed by atoms with Crippen molar-refractivity contribution < 1.29 is 9.59 Å². The lowest BCUT2D eigenvalue weighted by Crippen LogP contribution is -2.34. The van der Waals surface area contributed by atoms with Gasteiger partial charge in [0.2, 0.25) is 0 Å². The molecule has 0 atom stereocenters. The third kappa shape index (κ3) is 6.52. The molecule has 0 unspecified atom stereocenters. The number of hydrogen-bond acceptors (Lipinski definition) is 4. The van der Waals surface area contributed by atoms with E-state index in [-0.39, 0.29) is 11.8 Å². The summed E-state index contributed by atoms with van der Waals surface area (Å²) in [5.74, 6) is -0.117. The highest BCUT2D eigenvalue weighted by atomic mass is 32.2. The van der Waals surface area contributed by atoms with Crippen LogP contribution in [0, 0.1) is 13.8 Å². The largest absolute Gasteiger partial charge is 0.352 e. The van der Waals surface area contributed by atoms with Gasteiger partial charge in [-0.2, -0.15) is 0 Å². The molecule has 0 spiro atoms. The molecule has 0 bridgehead atoms. The normalized spacial score (nSPS) is 13.8. The highest BCUT2D eigenvalue weighted by molar-refractivity contribution is 8.04. The summed E-state index contributed by atoms with van der Waals surface area (Å²) in [4.78, 5) is 31.2. The van der Waals surface area contributed by atoms with E-state index in [4.69, 9.17) is 0 Å². The molecule has 0 aromatic heterocycles. The molecule has 40 heavy (non-hydrogen) atoms. The van der Waals surface area contributed by atoms with Gasteiger partial charge in [0.15, 0.2) is 0 Å². The molecule has 202 valence electrons. The summed E-state index contributed by atoms with van der Waals surface area (Å²) in [6, 6.07) is 30.2. The molecule has 0 fully saturated rings. The van der Waals surface area contributed by atoms with Gasteiger partial charge in [0.1, 0.15) is 0 Å². The summed E-state index contributed by atoms with van der Waals surface area (Å²) in [6.07, 6.45) is 4.76. The van der Waals surface area contributed by atoms with Gasteiger partial charge in [-0.25, -0.2) is 0 Å². The van der Waals surface area contributed by atoms with Gasteiger partial charge in [-0.1, -0.05) is 71.9 Å². The summed E-state index contributed by atoms with van der Waals surface area (Å²) in [7, 11) is 0. The minimum Gasteiger partial charge on any atom is -0.352 e. The van der Waals surface area contributed by atoms with Crippen LogP contribution in [0.4, 0.5) is 5.69 Å². The van der Waals surface area contributed by atoms with Crippen molar-refractivity contribution in [1.29, 1.82) is 0 Å². The number of aryl methyl sites for hydroxylation is 2. The van der Waals surface area contributed by atoms with Crippen LogP contribution in [0.2, 0.25) is 0 Å². The second-order valence-corrected chi connectivity index (χ2v) is 11.8. The fourth-order valence-corrected chi connectivity index (χ4v) is 6.12. The van der Waals surface area contributed by atoms with Crippen molar-refractivity contribution in [3.63, 3.8) is 0 Å². The zero-order valence-corrected chi connectivity index (χ0v) is 24.6. The van der Waals surface area contributed by atoms with Gasteiger partial charge in [-0.05, 0) is 91.3 Å². The predicted molar refractivity (Wildman–Crippen MR) is 168 cm³/mol. The van der Waals surface area contributed by atoms with Crippen LogP contribution in [0.1, 0.15) is 38.2 Å². The lowest BCUT2D eigenvalue weighted by Gasteiger charge is -2.31. The van der Waals surface area contributed by atoms with E-state index < -0.39 is 0 Å². The maximum absolute atomic E-state index is 13.7. The Balaban J connectivity index is 1.28. The molecular formula is C34H32N2O2S2. The van der Waals surface area contributed by atoms with Crippen LogP contribution in [0.25, 0.3) is 6.08 Å². The fraction of sp³-hybridized carbons (Fsp3) is 0.176. The number of anilines is 1. The molecule has 4 aromatic carbocycles. The van der Waals surface area contributed by atoms with E-state index in [1.165, 1.54) is 33.3 Å². The first-order valence-corrected chi connectivity index (χ1v) is 15.3. The number of amides is 2. The van der Waals surface area contributed by atoms with E-state index in [1.54, 1.807) is 11.8 Å². The number of benzene rings is 4. The van der Waals surface area contributed by atoms with Crippen LogP contribution in [0.3, 0.4) is 0 Å². The van der Waals surface area contributed by atoms with Crippen molar-refractivity contribution >= 4 is 47.1 Å². The van der Waals surface area contributed by atoms with Crippen molar-refractivity contribution in [2.75, 3.05) is 17.7 Å². The number of nitrogens with zero attached hydrogens (tertiary/aromatic N) is 1. The van der Waals surface area contributed by atoms with Crippen molar-refractivity contribution in [3.05, 3.63) is 129 Å². The number of thioether (sulfide) groups is 2. The van der Waals surface area contributed by atoms with Gasteiger partial charge in [0.05, 0.1) is 17.1 Å². The smallest absolute Gasteiger partial charge is 0.265 e. The molecule has 0 saturated heterocycles. The molecule has 4 nitrogen and oxygen atoms in total. The molecule has 2 amide bonds. The van der Waals surface area contributed by atoms with Crippen LogP contribution < -0.4 is 10.2 Å². The van der Waals surface area contributed by atoms with Crippen molar-refractivity contribution in [2.45, 2.75) is 36.6 Å². The molecule has 6 heteroatoms. The molecular weight excluding hydrogens is 533 g/mol. The van der Waals surface area contributed by atoms with Crippen LogP contribution >= 0.6 is 23.5 Å². The van der Waals surface area contributed by atoms with Crippen molar-refractivity contribution in [3.8, 4) is 0 Å². The number of para-hydroxylation sites is 1. The van der Waals surface area contributed by atoms with Crippen molar-refractivity contribution in [2.24, 2.45) is 0 Å². The van der Waals surface area contributed by atoms with E-state index in [0.717, 1.165) is 28.1 Å². The maximum atomic E-state index is 13.7. The Morgan fingerprint density at radius 1 is 0.950 bits per heavy atom. The van der Waals surface area contributed by atoms with Gasteiger partial charge < -0.3 is 10.2 Å². The summed E-state index contributed by atoms with van der Waals surface area (Å²) in [5.41, 5.74) is 7.10. The molecule has 1 N–H and O–H groups in total. The third-order valence-electron chi connectivity index (χ3n) is 6.99. The fourth-order valence-electron chi connectivity index (χ4n) is 4.66. The summed E-state index contributed by atoms with van der Waals surface area (Å²) in [6.45, 7) is 5.25. The molecule has 0 aliphatic carbocycles. The number of rotatable bonds is 8. The average molecular weight is 565 g/mol. The van der Waals surface area contributed by atoms with Crippen LogP contribution in [-0.4, -0.2) is 24.6 Å². The van der Waals surface area contributed by atoms with Crippen molar-refractivity contribution in [1.82, 2.24) is 5.32 Å². The molecule has 5 rings (SSSR count). The number of hydrogen-bond donors (Lipinski definition) is 1. The highest BCUT2D eigenvalue weighted by Crippen LogP contribution is 2.42.